The van der Waals surface area contributed by atoms with Crippen LogP contribution in [0, 0.1) is 0 Å². The second kappa shape index (κ2) is 8.82. The van der Waals surface area contributed by atoms with Gasteiger partial charge in [-0.2, -0.15) is 26.3 Å². The topological polar surface area (TPSA) is 126 Å². The van der Waals surface area contributed by atoms with Crippen molar-refractivity contribution >= 4 is 11.8 Å². The van der Waals surface area contributed by atoms with Crippen molar-refractivity contribution in [3.05, 3.63) is 23.3 Å². The Morgan fingerprint density at radius 2 is 1.06 bits per heavy atom. The fourth-order valence-corrected chi connectivity index (χ4v) is 3.73. The molecule has 0 bridgehead atoms. The zero-order chi connectivity index (χ0) is 24.7. The van der Waals surface area contributed by atoms with E-state index in [2.05, 4.69) is 31.2 Å². The maximum atomic E-state index is 12.9. The predicted molar refractivity (Wildman–Crippen MR) is 96.9 cm³/mol. The molecular formula is C16H18F6N10O2. The van der Waals surface area contributed by atoms with Crippen LogP contribution in [-0.2, 0) is 48.1 Å². The second-order valence-electron chi connectivity index (χ2n) is 7.70. The van der Waals surface area contributed by atoms with Gasteiger partial charge in [-0.25, -0.2) is 0 Å². The van der Waals surface area contributed by atoms with Crippen LogP contribution in [-0.4, -0.2) is 77.3 Å². The molecule has 4 heterocycles. The molecule has 0 fully saturated rings. The van der Waals surface area contributed by atoms with Gasteiger partial charge in [-0.3, -0.25) is 30.2 Å². The maximum absolute atomic E-state index is 12.9. The quantitative estimate of drug-likeness (QED) is 0.424. The largest absolute Gasteiger partial charge is 0.451 e. The number of hydrazine groups is 1. The van der Waals surface area contributed by atoms with Crippen LogP contribution in [0.25, 0.3) is 0 Å². The third-order valence-electron chi connectivity index (χ3n) is 5.25. The number of carbonyl (C=O) groups is 2. The lowest BCUT2D eigenvalue weighted by molar-refractivity contribution is -0.148. The summed E-state index contributed by atoms with van der Waals surface area (Å²) in [5.41, 5.74) is 4.41. The highest BCUT2D eigenvalue weighted by Crippen LogP contribution is 2.30. The second-order valence-corrected chi connectivity index (χ2v) is 7.70. The highest BCUT2D eigenvalue weighted by molar-refractivity contribution is 5.83. The van der Waals surface area contributed by atoms with Crippen molar-refractivity contribution in [1.82, 2.24) is 50.2 Å². The molecule has 0 spiro atoms. The number of rotatable bonds is 4. The molecule has 0 aromatic carbocycles. The number of alkyl halides is 6. The fourth-order valence-electron chi connectivity index (χ4n) is 3.73. The van der Waals surface area contributed by atoms with E-state index in [4.69, 9.17) is 0 Å². The SMILES string of the molecule is O=C(CN1CCn2c(nnc2C(F)(F)F)C1)NNC(=O)CN1CCn2c(nnc2C(F)(F)F)C1. The molecule has 2 amide bonds. The smallest absolute Gasteiger partial charge is 0.305 e. The molecule has 2 aromatic rings. The summed E-state index contributed by atoms with van der Waals surface area (Å²) >= 11 is 0. The lowest BCUT2D eigenvalue weighted by Crippen LogP contribution is -2.50. The Balaban J connectivity index is 1.22. The van der Waals surface area contributed by atoms with Crippen molar-refractivity contribution < 1.29 is 35.9 Å². The van der Waals surface area contributed by atoms with Gasteiger partial charge in [0, 0.05) is 26.2 Å². The zero-order valence-corrected chi connectivity index (χ0v) is 17.3. The third kappa shape index (κ3) is 5.11. The van der Waals surface area contributed by atoms with Crippen molar-refractivity contribution in [3.8, 4) is 0 Å². The molecule has 186 valence electrons. The number of nitrogens with zero attached hydrogens (tertiary/aromatic N) is 8. The van der Waals surface area contributed by atoms with Crippen molar-refractivity contribution in [2.24, 2.45) is 0 Å². The van der Waals surface area contributed by atoms with Crippen molar-refractivity contribution in [2.75, 3.05) is 26.2 Å². The number of halogens is 6. The average molecular weight is 496 g/mol. The van der Waals surface area contributed by atoms with Crippen LogP contribution in [0.3, 0.4) is 0 Å². The van der Waals surface area contributed by atoms with Gasteiger partial charge in [-0.1, -0.05) is 0 Å². The van der Waals surface area contributed by atoms with Crippen LogP contribution in [0.1, 0.15) is 23.3 Å². The molecule has 2 aliphatic heterocycles. The first-order valence-electron chi connectivity index (χ1n) is 9.93. The molecule has 18 heteroatoms. The fraction of sp³-hybridized carbons (Fsp3) is 0.625. The van der Waals surface area contributed by atoms with Crippen molar-refractivity contribution in [1.29, 1.82) is 0 Å². The summed E-state index contributed by atoms with van der Waals surface area (Å²) < 4.78 is 79.2. The van der Waals surface area contributed by atoms with Gasteiger partial charge in [0.15, 0.2) is 0 Å². The van der Waals surface area contributed by atoms with E-state index >= 15 is 0 Å². The first-order chi connectivity index (χ1) is 15.9. The Bertz CT molecular complexity index is 993. The number of fused-ring (bicyclic) bond motifs is 2. The first kappa shape index (κ1) is 23.9. The van der Waals surface area contributed by atoms with Crippen LogP contribution in [0.5, 0.6) is 0 Å². The first-order valence-corrected chi connectivity index (χ1v) is 9.93. The summed E-state index contributed by atoms with van der Waals surface area (Å²) in [6.45, 7) is -0.284. The number of carbonyl (C=O) groups excluding carboxylic acids is 2. The van der Waals surface area contributed by atoms with Gasteiger partial charge in [-0.15, -0.1) is 20.4 Å². The summed E-state index contributed by atoms with van der Waals surface area (Å²) in [7, 11) is 0. The van der Waals surface area contributed by atoms with Gasteiger partial charge < -0.3 is 9.13 Å². The van der Waals surface area contributed by atoms with Gasteiger partial charge in [0.1, 0.15) is 11.6 Å². The van der Waals surface area contributed by atoms with Crippen LogP contribution in [0.2, 0.25) is 0 Å². The van der Waals surface area contributed by atoms with Crippen molar-refractivity contribution in [3.63, 3.8) is 0 Å². The summed E-state index contributed by atoms with van der Waals surface area (Å²) in [4.78, 5) is 27.3. The number of hydrogen-bond donors (Lipinski definition) is 2. The van der Waals surface area contributed by atoms with Gasteiger partial charge in [-0.05, 0) is 0 Å². The number of nitrogens with one attached hydrogen (secondary N) is 2. The van der Waals surface area contributed by atoms with Gasteiger partial charge in [0.05, 0.1) is 26.2 Å². The minimum Gasteiger partial charge on any atom is -0.305 e. The van der Waals surface area contributed by atoms with E-state index in [9.17, 15) is 35.9 Å². The number of aromatic nitrogens is 6. The Kier molecular flexibility index (Phi) is 6.19. The third-order valence-corrected chi connectivity index (χ3v) is 5.25. The van der Waals surface area contributed by atoms with Gasteiger partial charge in [0.25, 0.3) is 11.8 Å². The molecule has 0 aliphatic carbocycles. The molecule has 34 heavy (non-hydrogen) atoms. The van der Waals surface area contributed by atoms with E-state index in [0.717, 1.165) is 9.13 Å². The minimum atomic E-state index is -4.63. The van der Waals surface area contributed by atoms with Crippen LogP contribution in [0.4, 0.5) is 26.3 Å². The van der Waals surface area contributed by atoms with E-state index in [-0.39, 0.29) is 64.0 Å². The summed E-state index contributed by atoms with van der Waals surface area (Å²) in [6.07, 6.45) is -9.25. The van der Waals surface area contributed by atoms with Crippen LogP contribution >= 0.6 is 0 Å². The Morgan fingerprint density at radius 1 is 0.676 bits per heavy atom. The molecular weight excluding hydrogens is 478 g/mol. The summed E-state index contributed by atoms with van der Waals surface area (Å²) in [6, 6.07) is 0. The van der Waals surface area contributed by atoms with Crippen LogP contribution in [0.15, 0.2) is 0 Å². The van der Waals surface area contributed by atoms with E-state index in [1.54, 1.807) is 9.80 Å². The Labute approximate surface area is 186 Å². The highest BCUT2D eigenvalue weighted by atomic mass is 19.4. The highest BCUT2D eigenvalue weighted by Gasteiger charge is 2.40. The molecule has 12 nitrogen and oxygen atoms in total. The molecule has 0 unspecified atom stereocenters. The normalized spacial score (nSPS) is 17.2. The Hall–Kier alpha value is -3.28. The molecule has 0 atom stereocenters. The number of amides is 2. The molecule has 0 saturated heterocycles. The minimum absolute atomic E-state index is 0.0289. The standard InChI is InChI=1S/C16H18F6N10O2/c17-15(18,19)13-27-23-9-5-29(1-3-31(9)13)7-11(33)25-26-12(34)8-30-2-4-32-10(6-30)24-28-14(32)16(20,21)22/h1-8H2,(H,25,33)(H,26,34). The van der Waals surface area contributed by atoms with E-state index < -0.39 is 35.8 Å². The maximum Gasteiger partial charge on any atom is 0.451 e. The molecule has 0 saturated carbocycles. The van der Waals surface area contributed by atoms with E-state index in [1.165, 1.54) is 0 Å². The average Bonchev–Trinajstić information content (AvgIpc) is 3.35. The van der Waals surface area contributed by atoms with E-state index in [1.807, 2.05) is 0 Å². The molecule has 4 rings (SSSR count). The van der Waals surface area contributed by atoms with Gasteiger partial charge >= 0.3 is 12.4 Å². The molecule has 2 N–H and O–H groups in total. The molecule has 2 aromatic heterocycles. The Morgan fingerprint density at radius 3 is 1.41 bits per heavy atom. The van der Waals surface area contributed by atoms with E-state index in [0.29, 0.717) is 0 Å². The predicted octanol–water partition coefficient (Wildman–Crippen LogP) is -0.614. The summed E-state index contributed by atoms with van der Waals surface area (Å²) in [5.74, 6) is -3.26. The van der Waals surface area contributed by atoms with Gasteiger partial charge in [0.2, 0.25) is 11.6 Å². The molecule has 0 radical (unpaired) electrons. The lowest BCUT2D eigenvalue weighted by atomic mass is 10.3. The molecule has 2 aliphatic rings. The monoisotopic (exact) mass is 496 g/mol. The summed E-state index contributed by atoms with van der Waals surface area (Å²) in [5, 5.41) is 13.4. The zero-order valence-electron chi connectivity index (χ0n) is 17.3. The number of hydrogen-bond acceptors (Lipinski definition) is 8. The van der Waals surface area contributed by atoms with Crippen molar-refractivity contribution in [2.45, 2.75) is 38.5 Å². The van der Waals surface area contributed by atoms with Crippen LogP contribution < -0.4 is 10.9 Å². The lowest BCUT2D eigenvalue weighted by Gasteiger charge is -2.28.